The molecule has 28 heavy (non-hydrogen) atoms. The molecular weight excluding hydrogens is 449 g/mol. The van der Waals surface area contributed by atoms with Gasteiger partial charge in [-0.3, -0.25) is 0 Å². The first-order valence-electron chi connectivity index (χ1n) is 7.95. The van der Waals surface area contributed by atoms with E-state index < -0.39 is 0 Å². The van der Waals surface area contributed by atoms with Crippen molar-refractivity contribution >= 4 is 61.3 Å². The topological polar surface area (TPSA) is 66.9 Å². The Labute approximate surface area is 182 Å². The second-order valence-corrected chi connectivity index (χ2v) is 5.43. The monoisotopic (exact) mass is 470 g/mol. The summed E-state index contributed by atoms with van der Waals surface area (Å²) >= 11 is 0. The van der Waals surface area contributed by atoms with Crippen LogP contribution in [0.3, 0.4) is 0 Å². The van der Waals surface area contributed by atoms with Gasteiger partial charge >= 0.3 is 0 Å². The molecular formula is C24H20N3Sn. The Morgan fingerprint density at radius 2 is 0.643 bits per heavy atom. The van der Waals surface area contributed by atoms with Crippen molar-refractivity contribution in [1.29, 1.82) is 0 Å². The van der Waals surface area contributed by atoms with Crippen LogP contribution in [-0.2, 0) is 0 Å². The second-order valence-electron chi connectivity index (χ2n) is 5.43. The first kappa shape index (κ1) is 24.8. The van der Waals surface area contributed by atoms with Crippen LogP contribution in [0, 0.1) is 0 Å². The fraction of sp³-hybridized carbons (Fsp3) is 0. The largest absolute Gasteiger partial charge is 0.0963 e. The SMILES string of the molecule is C=c1ccc(=C=[N])cc1.C=c1ccc(=C=[N])cc1.C=c1ccc(=C=[N])cc1.[HH].[Sn]. The van der Waals surface area contributed by atoms with Gasteiger partial charge in [0.2, 0.25) is 0 Å². The van der Waals surface area contributed by atoms with Crippen LogP contribution >= 0.6 is 0 Å². The molecule has 0 bridgehead atoms. The zero-order chi connectivity index (χ0) is 20.1. The normalized spacial score (nSPS) is 8.14. The van der Waals surface area contributed by atoms with Gasteiger partial charge in [0, 0.05) is 58.6 Å². The molecule has 0 saturated carbocycles. The molecule has 0 heterocycles. The number of hydrogen-bond donors (Lipinski definition) is 0. The van der Waals surface area contributed by atoms with Gasteiger partial charge in [-0.25, -0.2) is 0 Å². The quantitative estimate of drug-likeness (QED) is 0.260. The van der Waals surface area contributed by atoms with E-state index in [9.17, 15) is 0 Å². The van der Waals surface area contributed by atoms with Gasteiger partial charge in [-0.15, -0.1) is 0 Å². The van der Waals surface area contributed by atoms with Gasteiger partial charge in [0.25, 0.3) is 0 Å². The van der Waals surface area contributed by atoms with Crippen molar-refractivity contribution in [2.75, 3.05) is 0 Å². The number of benzene rings is 3. The van der Waals surface area contributed by atoms with Gasteiger partial charge in [-0.1, -0.05) is 72.4 Å². The molecule has 0 aliphatic rings. The predicted octanol–water partition coefficient (Wildman–Crippen LogP) is -2.42. The van der Waals surface area contributed by atoms with Gasteiger partial charge < -0.3 is 0 Å². The molecule has 7 radical (unpaired) electrons. The van der Waals surface area contributed by atoms with Crippen LogP contribution in [0.5, 0.6) is 0 Å². The summed E-state index contributed by atoms with van der Waals surface area (Å²) in [6, 6.07) is 21.4. The van der Waals surface area contributed by atoms with Gasteiger partial charge in [0.05, 0.1) is 0 Å². The molecule has 3 nitrogen and oxygen atoms in total. The minimum Gasteiger partial charge on any atom is -0.0963 e. The zero-order valence-corrected chi connectivity index (χ0v) is 18.2. The van der Waals surface area contributed by atoms with Crippen LogP contribution in [0.2, 0.25) is 0 Å². The first-order valence-corrected chi connectivity index (χ1v) is 7.95. The summed E-state index contributed by atoms with van der Waals surface area (Å²) in [6.45, 7) is 11.1. The van der Waals surface area contributed by atoms with Crippen LogP contribution in [0.25, 0.3) is 19.7 Å². The molecule has 0 aliphatic carbocycles. The van der Waals surface area contributed by atoms with E-state index in [1.807, 2.05) is 54.0 Å². The Hall–Kier alpha value is -3.19. The number of hydrogen-bond acceptors (Lipinski definition) is 0. The van der Waals surface area contributed by atoms with Crippen molar-refractivity contribution in [3.05, 3.63) is 104 Å². The summed E-state index contributed by atoms with van der Waals surface area (Å²) in [5.74, 6) is 6.08. The molecule has 0 atom stereocenters. The van der Waals surface area contributed by atoms with Crippen LogP contribution in [0.4, 0.5) is 0 Å². The minimum atomic E-state index is 0. The summed E-state index contributed by atoms with van der Waals surface area (Å²) in [7, 11) is 0. The molecule has 0 N–H and O–H groups in total. The second kappa shape index (κ2) is 13.9. The van der Waals surface area contributed by atoms with Gasteiger partial charge in [-0.05, 0) is 52.1 Å². The van der Waals surface area contributed by atoms with Crippen molar-refractivity contribution in [2.45, 2.75) is 0 Å². The van der Waals surface area contributed by atoms with E-state index in [2.05, 4.69) is 19.7 Å². The van der Waals surface area contributed by atoms with E-state index in [1.54, 1.807) is 36.4 Å². The van der Waals surface area contributed by atoms with Crippen LogP contribution in [0.1, 0.15) is 1.43 Å². The van der Waals surface area contributed by atoms with Crippen molar-refractivity contribution in [2.24, 2.45) is 0 Å². The summed E-state index contributed by atoms with van der Waals surface area (Å²) < 4.78 is 0. The van der Waals surface area contributed by atoms with Crippen LogP contribution < -0.4 is 47.5 Å². The van der Waals surface area contributed by atoms with Crippen LogP contribution in [0.15, 0.2) is 72.8 Å². The Morgan fingerprint density at radius 3 is 0.786 bits per heavy atom. The Morgan fingerprint density at radius 1 is 0.464 bits per heavy atom. The van der Waals surface area contributed by atoms with E-state index >= 15 is 0 Å². The van der Waals surface area contributed by atoms with E-state index in [0.29, 0.717) is 15.7 Å². The molecule has 0 aliphatic heterocycles. The summed E-state index contributed by atoms with van der Waals surface area (Å²) in [5, 5.41) is 29.9. The smallest absolute Gasteiger partial charge is 0.0380 e. The summed E-state index contributed by atoms with van der Waals surface area (Å²) in [6.07, 6.45) is 0. The first-order chi connectivity index (χ1) is 13.0. The fourth-order valence-corrected chi connectivity index (χ4v) is 1.74. The third kappa shape index (κ3) is 10.1. The van der Waals surface area contributed by atoms with Crippen LogP contribution in [-0.4, -0.2) is 41.5 Å². The van der Waals surface area contributed by atoms with E-state index in [4.69, 9.17) is 16.2 Å². The molecule has 135 valence electrons. The molecule has 0 fully saturated rings. The average molecular weight is 469 g/mol. The zero-order valence-electron chi connectivity index (χ0n) is 15.4. The van der Waals surface area contributed by atoms with E-state index in [-0.39, 0.29) is 25.3 Å². The van der Waals surface area contributed by atoms with E-state index in [0.717, 1.165) is 15.7 Å². The Bertz CT molecular complexity index is 1070. The predicted molar refractivity (Wildman–Crippen MR) is 120 cm³/mol. The average Bonchev–Trinajstić information content (AvgIpc) is 2.71. The van der Waals surface area contributed by atoms with Crippen molar-refractivity contribution in [3.8, 4) is 0 Å². The van der Waals surface area contributed by atoms with Crippen molar-refractivity contribution in [1.82, 2.24) is 16.2 Å². The Balaban J connectivity index is 0. The molecule has 3 rings (SSSR count). The summed E-state index contributed by atoms with van der Waals surface area (Å²) in [4.78, 5) is 0. The van der Waals surface area contributed by atoms with Crippen molar-refractivity contribution < 1.29 is 1.43 Å². The maximum Gasteiger partial charge on any atom is 0.0380 e. The molecule has 3 aromatic carbocycles. The van der Waals surface area contributed by atoms with Gasteiger partial charge in [-0.2, -0.15) is 0 Å². The molecule has 0 saturated heterocycles. The molecule has 0 spiro atoms. The molecule has 0 amide bonds. The van der Waals surface area contributed by atoms with Crippen molar-refractivity contribution in [3.63, 3.8) is 0 Å². The maximum atomic E-state index is 8.36. The molecule has 4 heteroatoms. The molecule has 3 aromatic rings. The van der Waals surface area contributed by atoms with Gasteiger partial charge in [0.15, 0.2) is 0 Å². The van der Waals surface area contributed by atoms with E-state index in [1.165, 1.54) is 0 Å². The van der Waals surface area contributed by atoms with Gasteiger partial charge in [0.1, 0.15) is 0 Å². The molecule has 0 unspecified atom stereocenters. The standard InChI is InChI=1S/3C8H6N.Sn.H2/c3*1-7-2-4-8(6-9)5-3-7;;/h3*2-5H,1H2;;1H. The fourth-order valence-electron chi connectivity index (χ4n) is 1.74. The minimum absolute atomic E-state index is 0. The number of rotatable bonds is 0. The maximum absolute atomic E-state index is 8.36. The summed E-state index contributed by atoms with van der Waals surface area (Å²) in [5.41, 5.74) is 0. The third-order valence-corrected chi connectivity index (χ3v) is 3.25. The molecule has 0 aromatic heterocycles. The third-order valence-electron chi connectivity index (χ3n) is 3.25. The Kier molecular flexibility index (Phi) is 12.4. The number of nitrogens with zero attached hydrogens (tertiary/aromatic N) is 3.